The van der Waals surface area contributed by atoms with E-state index in [2.05, 4.69) is 5.32 Å². The summed E-state index contributed by atoms with van der Waals surface area (Å²) in [7, 11) is 0. The Bertz CT molecular complexity index is 476. The highest BCUT2D eigenvalue weighted by Gasteiger charge is 2.47. The minimum atomic E-state index is -1.24. The van der Waals surface area contributed by atoms with E-state index in [0.29, 0.717) is 5.76 Å². The van der Waals surface area contributed by atoms with Gasteiger partial charge in [0.15, 0.2) is 0 Å². The van der Waals surface area contributed by atoms with Crippen LogP contribution in [0.1, 0.15) is 19.6 Å². The molecule has 6 heteroatoms. The first-order valence-corrected chi connectivity index (χ1v) is 5.12. The standard InChI is InChI=1S/C11H12N2O4/c1-11(2)8(14)12-10(16)13(9(11)15)6-7-4-3-5-17-7/h3-5H,6H2,1-2H3,(H,12,14,16). The van der Waals surface area contributed by atoms with Crippen molar-refractivity contribution in [1.29, 1.82) is 0 Å². The molecule has 2 rings (SSSR count). The molecule has 1 aliphatic rings. The summed E-state index contributed by atoms with van der Waals surface area (Å²) in [4.78, 5) is 36.0. The van der Waals surface area contributed by atoms with Gasteiger partial charge in [-0.1, -0.05) is 0 Å². The first-order valence-electron chi connectivity index (χ1n) is 5.12. The summed E-state index contributed by atoms with van der Waals surface area (Å²) >= 11 is 0. The molecule has 6 nitrogen and oxygen atoms in total. The first kappa shape index (κ1) is 11.4. The van der Waals surface area contributed by atoms with Gasteiger partial charge in [0.05, 0.1) is 12.8 Å². The van der Waals surface area contributed by atoms with Gasteiger partial charge in [-0.25, -0.2) is 4.79 Å². The van der Waals surface area contributed by atoms with Crippen molar-refractivity contribution in [3.8, 4) is 0 Å². The van der Waals surface area contributed by atoms with Crippen LogP contribution in [0.3, 0.4) is 0 Å². The summed E-state index contributed by atoms with van der Waals surface area (Å²) in [6.07, 6.45) is 1.46. The van der Waals surface area contributed by atoms with Gasteiger partial charge in [0.25, 0.3) is 0 Å². The molecule has 0 aromatic carbocycles. The summed E-state index contributed by atoms with van der Waals surface area (Å²) in [5.41, 5.74) is -1.24. The van der Waals surface area contributed by atoms with E-state index in [1.165, 1.54) is 20.1 Å². The molecule has 0 atom stereocenters. The van der Waals surface area contributed by atoms with Gasteiger partial charge in [-0.15, -0.1) is 0 Å². The molecule has 1 aliphatic heterocycles. The van der Waals surface area contributed by atoms with Crippen molar-refractivity contribution in [2.75, 3.05) is 0 Å². The number of nitrogens with zero attached hydrogens (tertiary/aromatic N) is 1. The van der Waals surface area contributed by atoms with Crippen molar-refractivity contribution in [3.63, 3.8) is 0 Å². The van der Waals surface area contributed by atoms with Gasteiger partial charge < -0.3 is 4.42 Å². The molecular formula is C11H12N2O4. The minimum Gasteiger partial charge on any atom is -0.467 e. The van der Waals surface area contributed by atoms with E-state index >= 15 is 0 Å². The number of hydrogen-bond donors (Lipinski definition) is 1. The lowest BCUT2D eigenvalue weighted by Crippen LogP contribution is -2.61. The zero-order chi connectivity index (χ0) is 12.6. The molecule has 2 heterocycles. The van der Waals surface area contributed by atoms with Crippen LogP contribution < -0.4 is 5.32 Å². The number of rotatable bonds is 2. The average Bonchev–Trinajstić information content (AvgIpc) is 2.75. The number of nitrogens with one attached hydrogen (secondary N) is 1. The smallest absolute Gasteiger partial charge is 0.331 e. The van der Waals surface area contributed by atoms with Crippen molar-refractivity contribution >= 4 is 17.8 Å². The lowest BCUT2D eigenvalue weighted by molar-refractivity contribution is -0.149. The van der Waals surface area contributed by atoms with Crippen molar-refractivity contribution in [2.24, 2.45) is 5.41 Å². The Morgan fingerprint density at radius 1 is 1.35 bits per heavy atom. The van der Waals surface area contributed by atoms with Crippen LogP contribution >= 0.6 is 0 Å². The van der Waals surface area contributed by atoms with E-state index in [9.17, 15) is 14.4 Å². The zero-order valence-electron chi connectivity index (χ0n) is 9.52. The molecule has 90 valence electrons. The third-order valence-electron chi connectivity index (χ3n) is 2.71. The summed E-state index contributed by atoms with van der Waals surface area (Å²) in [5.74, 6) is -0.621. The highest BCUT2D eigenvalue weighted by Crippen LogP contribution is 2.24. The molecule has 0 unspecified atom stereocenters. The Labute approximate surface area is 97.6 Å². The second kappa shape index (κ2) is 3.73. The zero-order valence-corrected chi connectivity index (χ0v) is 9.52. The number of carbonyl (C=O) groups is 3. The Morgan fingerprint density at radius 3 is 2.65 bits per heavy atom. The van der Waals surface area contributed by atoms with Crippen LogP contribution in [0, 0.1) is 5.41 Å². The van der Waals surface area contributed by atoms with Gasteiger partial charge in [-0.2, -0.15) is 0 Å². The second-order valence-corrected chi connectivity index (χ2v) is 4.35. The van der Waals surface area contributed by atoms with Gasteiger partial charge in [0.2, 0.25) is 11.8 Å². The molecule has 1 N–H and O–H groups in total. The van der Waals surface area contributed by atoms with Crippen LogP contribution in [0.25, 0.3) is 0 Å². The van der Waals surface area contributed by atoms with Crippen molar-refractivity contribution in [1.82, 2.24) is 10.2 Å². The number of barbiturate groups is 1. The lowest BCUT2D eigenvalue weighted by atomic mass is 9.89. The number of imide groups is 2. The average molecular weight is 236 g/mol. The second-order valence-electron chi connectivity index (χ2n) is 4.35. The van der Waals surface area contributed by atoms with Crippen LogP contribution in [0.4, 0.5) is 4.79 Å². The topological polar surface area (TPSA) is 79.6 Å². The van der Waals surface area contributed by atoms with Crippen LogP contribution in [0.15, 0.2) is 22.8 Å². The fourth-order valence-corrected chi connectivity index (χ4v) is 1.55. The molecule has 0 spiro atoms. The SMILES string of the molecule is CC1(C)C(=O)NC(=O)N(Cc2ccco2)C1=O. The molecular weight excluding hydrogens is 224 g/mol. The summed E-state index contributed by atoms with van der Waals surface area (Å²) in [6, 6.07) is 2.61. The van der Waals surface area contributed by atoms with E-state index in [0.717, 1.165) is 4.90 Å². The number of furan rings is 1. The predicted molar refractivity (Wildman–Crippen MR) is 56.6 cm³/mol. The van der Waals surface area contributed by atoms with E-state index < -0.39 is 23.3 Å². The van der Waals surface area contributed by atoms with E-state index in [-0.39, 0.29) is 6.54 Å². The van der Waals surface area contributed by atoms with Gasteiger partial charge in [0.1, 0.15) is 11.2 Å². The Morgan fingerprint density at radius 2 is 2.06 bits per heavy atom. The number of carbonyl (C=O) groups excluding carboxylic acids is 3. The molecule has 1 fully saturated rings. The van der Waals surface area contributed by atoms with Crippen molar-refractivity contribution in [2.45, 2.75) is 20.4 Å². The molecule has 0 saturated carbocycles. The maximum atomic E-state index is 12.0. The van der Waals surface area contributed by atoms with Gasteiger partial charge in [0, 0.05) is 0 Å². The third kappa shape index (κ3) is 1.82. The van der Waals surface area contributed by atoms with Gasteiger partial charge in [-0.05, 0) is 26.0 Å². The van der Waals surface area contributed by atoms with E-state index in [1.54, 1.807) is 12.1 Å². The number of amides is 4. The molecule has 17 heavy (non-hydrogen) atoms. The molecule has 1 saturated heterocycles. The fourth-order valence-electron chi connectivity index (χ4n) is 1.55. The lowest BCUT2D eigenvalue weighted by Gasteiger charge is -2.33. The molecule has 4 amide bonds. The molecule has 0 aliphatic carbocycles. The maximum absolute atomic E-state index is 12.0. The Balaban J connectivity index is 2.25. The fraction of sp³-hybridized carbons (Fsp3) is 0.364. The third-order valence-corrected chi connectivity index (χ3v) is 2.71. The highest BCUT2D eigenvalue weighted by atomic mass is 16.3. The van der Waals surface area contributed by atoms with Crippen LogP contribution in [0.2, 0.25) is 0 Å². The first-order chi connectivity index (χ1) is 7.93. The highest BCUT2D eigenvalue weighted by molar-refractivity contribution is 6.18. The van der Waals surface area contributed by atoms with Gasteiger partial charge in [-0.3, -0.25) is 19.8 Å². The van der Waals surface area contributed by atoms with E-state index in [4.69, 9.17) is 4.42 Å². The largest absolute Gasteiger partial charge is 0.467 e. The Hall–Kier alpha value is -2.11. The predicted octanol–water partition coefficient (Wildman–Crippen LogP) is 0.884. The minimum absolute atomic E-state index is 0.0222. The number of urea groups is 1. The molecule has 0 radical (unpaired) electrons. The van der Waals surface area contributed by atoms with Crippen LogP contribution in [-0.4, -0.2) is 22.7 Å². The van der Waals surface area contributed by atoms with Crippen molar-refractivity contribution < 1.29 is 18.8 Å². The molecule has 1 aromatic heterocycles. The Kier molecular flexibility index (Phi) is 2.49. The van der Waals surface area contributed by atoms with Gasteiger partial charge >= 0.3 is 6.03 Å². The normalized spacial score (nSPS) is 19.4. The summed E-state index contributed by atoms with van der Waals surface area (Å²) < 4.78 is 5.07. The summed E-state index contributed by atoms with van der Waals surface area (Å²) in [6.45, 7) is 2.98. The maximum Gasteiger partial charge on any atom is 0.331 e. The summed E-state index contributed by atoms with van der Waals surface area (Å²) in [5, 5.41) is 2.15. The molecule has 0 bridgehead atoms. The number of hydrogen-bond acceptors (Lipinski definition) is 4. The van der Waals surface area contributed by atoms with E-state index in [1.807, 2.05) is 0 Å². The molecule has 1 aromatic rings. The van der Waals surface area contributed by atoms with Crippen molar-refractivity contribution in [3.05, 3.63) is 24.2 Å². The monoisotopic (exact) mass is 236 g/mol. The quantitative estimate of drug-likeness (QED) is 0.773. The van der Waals surface area contributed by atoms with Crippen LogP contribution in [0.5, 0.6) is 0 Å². The van der Waals surface area contributed by atoms with Crippen LogP contribution in [-0.2, 0) is 16.1 Å².